The zero-order chi connectivity index (χ0) is 13.2. The zero-order valence-corrected chi connectivity index (χ0v) is 12.3. The second-order valence-corrected chi connectivity index (χ2v) is 6.17. The molecule has 2 heteroatoms. The third kappa shape index (κ3) is 2.75. The molecule has 1 saturated carbocycles. The van der Waals surface area contributed by atoms with Crippen LogP contribution in [0.1, 0.15) is 48.0 Å². The van der Waals surface area contributed by atoms with Gasteiger partial charge < -0.3 is 5.11 Å². The highest BCUT2D eigenvalue weighted by atomic mass is 79.9. The quantitative estimate of drug-likeness (QED) is 0.862. The predicted octanol–water partition coefficient (Wildman–Crippen LogP) is 4.80. The number of rotatable bonds is 3. The van der Waals surface area contributed by atoms with Crippen molar-refractivity contribution in [3.8, 4) is 0 Å². The minimum absolute atomic E-state index is 0.534. The van der Waals surface area contributed by atoms with Gasteiger partial charge in [-0.1, -0.05) is 58.7 Å². The fourth-order valence-electron chi connectivity index (χ4n) is 2.56. The molecule has 2 aromatic rings. The van der Waals surface area contributed by atoms with Crippen LogP contribution in [0, 0.1) is 0 Å². The monoisotopic (exact) mass is 316 g/mol. The number of aliphatic hydroxyl groups excluding tert-OH is 1. The molecule has 0 heterocycles. The van der Waals surface area contributed by atoms with Gasteiger partial charge in [-0.05, 0) is 47.6 Å². The van der Waals surface area contributed by atoms with Crippen LogP contribution in [-0.2, 0) is 0 Å². The first-order chi connectivity index (χ1) is 9.24. The Morgan fingerprint density at radius 2 is 1.74 bits per heavy atom. The summed E-state index contributed by atoms with van der Waals surface area (Å²) in [6, 6.07) is 16.3. The van der Waals surface area contributed by atoms with Crippen molar-refractivity contribution in [3.63, 3.8) is 0 Å². The smallest absolute Gasteiger partial charge is 0.104 e. The van der Waals surface area contributed by atoms with Crippen molar-refractivity contribution in [3.05, 3.63) is 69.7 Å². The van der Waals surface area contributed by atoms with E-state index in [1.807, 2.05) is 30.3 Å². The Morgan fingerprint density at radius 1 is 1.00 bits per heavy atom. The van der Waals surface area contributed by atoms with Crippen LogP contribution in [-0.4, -0.2) is 5.11 Å². The normalized spacial score (nSPS) is 16.9. The van der Waals surface area contributed by atoms with E-state index in [9.17, 15) is 5.11 Å². The zero-order valence-electron chi connectivity index (χ0n) is 10.7. The lowest BCUT2D eigenvalue weighted by atomic mass is 9.79. The number of halogens is 1. The van der Waals surface area contributed by atoms with Gasteiger partial charge in [-0.25, -0.2) is 0 Å². The van der Waals surface area contributed by atoms with Gasteiger partial charge in [0.05, 0.1) is 0 Å². The van der Waals surface area contributed by atoms with E-state index in [2.05, 4.69) is 34.1 Å². The molecule has 0 radical (unpaired) electrons. The molecule has 1 fully saturated rings. The Bertz CT molecular complexity index is 558. The van der Waals surface area contributed by atoms with Crippen molar-refractivity contribution in [2.75, 3.05) is 0 Å². The SMILES string of the molecule is OC(c1ccc(Br)cc1)c1cccc(C2CCC2)c1. The van der Waals surface area contributed by atoms with Gasteiger partial charge in [0.25, 0.3) is 0 Å². The lowest BCUT2D eigenvalue weighted by Crippen LogP contribution is -2.09. The van der Waals surface area contributed by atoms with Crippen LogP contribution in [0.2, 0.25) is 0 Å². The average molecular weight is 317 g/mol. The summed E-state index contributed by atoms with van der Waals surface area (Å²) in [7, 11) is 0. The summed E-state index contributed by atoms with van der Waals surface area (Å²) in [5, 5.41) is 10.5. The van der Waals surface area contributed by atoms with E-state index in [1.165, 1.54) is 24.8 Å². The molecule has 0 aromatic heterocycles. The average Bonchev–Trinajstić information content (AvgIpc) is 2.37. The van der Waals surface area contributed by atoms with Gasteiger partial charge >= 0.3 is 0 Å². The molecule has 19 heavy (non-hydrogen) atoms. The number of benzene rings is 2. The molecule has 1 aliphatic carbocycles. The van der Waals surface area contributed by atoms with E-state index in [1.54, 1.807) is 0 Å². The lowest BCUT2D eigenvalue weighted by molar-refractivity contribution is 0.220. The molecular weight excluding hydrogens is 300 g/mol. The highest BCUT2D eigenvalue weighted by Crippen LogP contribution is 2.37. The van der Waals surface area contributed by atoms with Crippen LogP contribution in [0.15, 0.2) is 53.0 Å². The van der Waals surface area contributed by atoms with Crippen molar-refractivity contribution in [1.82, 2.24) is 0 Å². The van der Waals surface area contributed by atoms with Gasteiger partial charge in [0, 0.05) is 4.47 Å². The molecule has 1 unspecified atom stereocenters. The molecule has 1 nitrogen and oxygen atoms in total. The van der Waals surface area contributed by atoms with Crippen LogP contribution in [0.3, 0.4) is 0 Å². The van der Waals surface area contributed by atoms with E-state index in [4.69, 9.17) is 0 Å². The molecule has 0 bridgehead atoms. The van der Waals surface area contributed by atoms with Crippen molar-refractivity contribution in [2.45, 2.75) is 31.3 Å². The third-order valence-electron chi connectivity index (χ3n) is 3.99. The van der Waals surface area contributed by atoms with E-state index in [0.717, 1.165) is 15.6 Å². The Morgan fingerprint density at radius 3 is 2.37 bits per heavy atom. The maximum atomic E-state index is 10.5. The Hall–Kier alpha value is -1.12. The molecule has 1 atom stereocenters. The van der Waals surface area contributed by atoms with Gasteiger partial charge in [-0.2, -0.15) is 0 Å². The van der Waals surface area contributed by atoms with Crippen molar-refractivity contribution < 1.29 is 5.11 Å². The van der Waals surface area contributed by atoms with Gasteiger partial charge in [-0.15, -0.1) is 0 Å². The minimum atomic E-state index is -0.534. The molecule has 1 aliphatic rings. The van der Waals surface area contributed by atoms with Crippen LogP contribution < -0.4 is 0 Å². The van der Waals surface area contributed by atoms with Crippen LogP contribution >= 0.6 is 15.9 Å². The van der Waals surface area contributed by atoms with Gasteiger partial charge in [0.15, 0.2) is 0 Å². The molecular formula is C17H17BrO. The molecule has 98 valence electrons. The van der Waals surface area contributed by atoms with Gasteiger partial charge in [0.1, 0.15) is 6.10 Å². The number of hydrogen-bond acceptors (Lipinski definition) is 1. The number of aliphatic hydroxyl groups is 1. The van der Waals surface area contributed by atoms with Crippen molar-refractivity contribution in [2.24, 2.45) is 0 Å². The summed E-state index contributed by atoms with van der Waals surface area (Å²) >= 11 is 3.42. The van der Waals surface area contributed by atoms with Crippen LogP contribution in [0.25, 0.3) is 0 Å². The fourth-order valence-corrected chi connectivity index (χ4v) is 2.83. The lowest BCUT2D eigenvalue weighted by Gasteiger charge is -2.26. The summed E-state index contributed by atoms with van der Waals surface area (Å²) in [4.78, 5) is 0. The Labute approximate surface area is 122 Å². The predicted molar refractivity (Wildman–Crippen MR) is 81.2 cm³/mol. The number of hydrogen-bond donors (Lipinski definition) is 1. The van der Waals surface area contributed by atoms with Crippen LogP contribution in [0.4, 0.5) is 0 Å². The van der Waals surface area contributed by atoms with E-state index in [0.29, 0.717) is 5.92 Å². The molecule has 2 aromatic carbocycles. The van der Waals surface area contributed by atoms with Crippen molar-refractivity contribution >= 4 is 15.9 Å². The van der Waals surface area contributed by atoms with E-state index in [-0.39, 0.29) is 0 Å². The summed E-state index contributed by atoms with van der Waals surface area (Å²) in [5.41, 5.74) is 3.31. The summed E-state index contributed by atoms with van der Waals surface area (Å²) < 4.78 is 1.03. The highest BCUT2D eigenvalue weighted by Gasteiger charge is 2.20. The first kappa shape index (κ1) is 12.9. The first-order valence-electron chi connectivity index (χ1n) is 6.77. The highest BCUT2D eigenvalue weighted by molar-refractivity contribution is 9.10. The maximum absolute atomic E-state index is 10.5. The standard InChI is InChI=1S/C17H17BrO/c18-16-9-7-13(8-10-16)17(19)15-6-2-5-14(11-15)12-3-1-4-12/h2,5-12,17,19H,1,3-4H2. The summed E-state index contributed by atoms with van der Waals surface area (Å²) in [6.07, 6.45) is 3.38. The second kappa shape index (κ2) is 5.48. The molecule has 0 spiro atoms. The molecule has 1 N–H and O–H groups in total. The topological polar surface area (TPSA) is 20.2 Å². The minimum Gasteiger partial charge on any atom is -0.384 e. The molecule has 3 rings (SSSR count). The molecule has 0 aliphatic heterocycles. The van der Waals surface area contributed by atoms with E-state index < -0.39 is 6.10 Å². The summed E-state index contributed by atoms with van der Waals surface area (Å²) in [6.45, 7) is 0. The fraction of sp³-hybridized carbons (Fsp3) is 0.294. The van der Waals surface area contributed by atoms with Gasteiger partial charge in [0.2, 0.25) is 0 Å². The first-order valence-corrected chi connectivity index (χ1v) is 7.57. The Balaban J connectivity index is 1.86. The Kier molecular flexibility index (Phi) is 3.72. The summed E-state index contributed by atoms with van der Waals surface area (Å²) in [5.74, 6) is 0.706. The van der Waals surface area contributed by atoms with Gasteiger partial charge in [-0.3, -0.25) is 0 Å². The van der Waals surface area contributed by atoms with Crippen molar-refractivity contribution in [1.29, 1.82) is 0 Å². The second-order valence-electron chi connectivity index (χ2n) is 5.25. The third-order valence-corrected chi connectivity index (χ3v) is 4.52. The van der Waals surface area contributed by atoms with Crippen LogP contribution in [0.5, 0.6) is 0 Å². The maximum Gasteiger partial charge on any atom is 0.104 e. The largest absolute Gasteiger partial charge is 0.384 e. The molecule has 0 saturated heterocycles. The molecule has 0 amide bonds. The van der Waals surface area contributed by atoms with E-state index >= 15 is 0 Å².